The Labute approximate surface area is 253 Å². The first-order valence-corrected chi connectivity index (χ1v) is 15.0. The number of benzene rings is 3. The largest absolute Gasteiger partial charge is 0.482 e. The van der Waals surface area contributed by atoms with Crippen LogP contribution in [-0.2, 0) is 25.9 Å². The summed E-state index contributed by atoms with van der Waals surface area (Å²) < 4.78 is 8.06. The number of aromatic nitrogens is 1. The lowest BCUT2D eigenvalue weighted by atomic mass is 9.89. The molecule has 1 aliphatic carbocycles. The Kier molecular flexibility index (Phi) is 8.27. The quantitative estimate of drug-likeness (QED) is 0.164. The van der Waals surface area contributed by atoms with Crippen molar-refractivity contribution in [3.8, 4) is 5.75 Å². The first-order valence-electron chi connectivity index (χ1n) is 15.0. The maximum atomic E-state index is 14.2. The van der Waals surface area contributed by atoms with Crippen molar-refractivity contribution in [3.63, 3.8) is 0 Å². The van der Waals surface area contributed by atoms with Crippen LogP contribution in [0.15, 0.2) is 115 Å². The third-order valence-electron chi connectivity index (χ3n) is 8.42. The lowest BCUT2D eigenvalue weighted by Crippen LogP contribution is -2.56. The monoisotopic (exact) mass is 571 g/mol. The van der Waals surface area contributed by atoms with E-state index in [9.17, 15) is 9.59 Å². The lowest BCUT2D eigenvalue weighted by Gasteiger charge is -2.45. The summed E-state index contributed by atoms with van der Waals surface area (Å²) in [5.74, 6) is -0.126. The van der Waals surface area contributed by atoms with Crippen molar-refractivity contribution in [2.45, 2.75) is 44.8 Å². The van der Waals surface area contributed by atoms with Crippen LogP contribution in [0.4, 0.5) is 0 Å². The van der Waals surface area contributed by atoms with E-state index < -0.39 is 0 Å². The van der Waals surface area contributed by atoms with E-state index in [4.69, 9.17) is 4.74 Å². The molecule has 0 bridgehead atoms. The van der Waals surface area contributed by atoms with Crippen molar-refractivity contribution < 1.29 is 9.53 Å². The zero-order valence-corrected chi connectivity index (χ0v) is 24.5. The highest BCUT2D eigenvalue weighted by Gasteiger charge is 2.39. The smallest absolute Gasteiger partial charge is 0.277 e. The topological polar surface area (TPSA) is 54.8 Å². The molecular weight excluding hydrogens is 534 g/mol. The van der Waals surface area contributed by atoms with E-state index in [1.54, 1.807) is 6.20 Å². The number of aryl methyl sites for hydroxylation is 2. The van der Waals surface area contributed by atoms with E-state index in [0.717, 1.165) is 37.7 Å². The van der Waals surface area contributed by atoms with Crippen molar-refractivity contribution in [1.82, 2.24) is 9.58 Å². The van der Waals surface area contributed by atoms with Gasteiger partial charge in [0.05, 0.1) is 6.04 Å². The summed E-state index contributed by atoms with van der Waals surface area (Å²) >= 11 is 0. The van der Waals surface area contributed by atoms with Crippen LogP contribution >= 0.6 is 0 Å². The van der Waals surface area contributed by atoms with E-state index >= 15 is 0 Å². The molecule has 1 amide bonds. The summed E-state index contributed by atoms with van der Waals surface area (Å²) in [5.41, 5.74) is 7.11. The van der Waals surface area contributed by atoms with Gasteiger partial charge in [0, 0.05) is 18.8 Å². The lowest BCUT2D eigenvalue weighted by molar-refractivity contribution is 0.0674. The van der Waals surface area contributed by atoms with Gasteiger partial charge in [-0.1, -0.05) is 84.9 Å². The molecule has 6 nitrogen and oxygen atoms in total. The second-order valence-electron chi connectivity index (χ2n) is 11.1. The van der Waals surface area contributed by atoms with E-state index in [2.05, 4.69) is 60.6 Å². The number of carbonyl (C=O) groups is 1. The Balaban J connectivity index is 1.54. The van der Waals surface area contributed by atoms with Crippen molar-refractivity contribution in [2.75, 3.05) is 18.2 Å². The average molecular weight is 572 g/mol. The molecule has 6 rings (SSSR count). The molecule has 0 radical (unpaired) electrons. The molecule has 1 atom stereocenters. The Morgan fingerprint density at radius 1 is 0.860 bits per heavy atom. The third-order valence-corrected chi connectivity index (χ3v) is 8.42. The van der Waals surface area contributed by atoms with Crippen LogP contribution in [0, 0.1) is 0 Å². The molecule has 2 heterocycles. The molecule has 0 fully saturated rings. The van der Waals surface area contributed by atoms with Gasteiger partial charge in [-0.2, -0.15) is 0 Å². The zero-order valence-electron chi connectivity index (χ0n) is 24.5. The number of allylic oxidation sites excluding steroid dienone is 2. The number of fused-ring (bicyclic) bond motifs is 3. The number of rotatable bonds is 10. The molecule has 3 aromatic carbocycles. The van der Waals surface area contributed by atoms with Crippen LogP contribution in [0.25, 0.3) is 0 Å². The highest BCUT2D eigenvalue weighted by molar-refractivity contribution is 5.96. The van der Waals surface area contributed by atoms with E-state index in [1.165, 1.54) is 33.9 Å². The molecule has 0 N–H and O–H groups in total. The van der Waals surface area contributed by atoms with Gasteiger partial charge in [0.1, 0.15) is 13.3 Å². The minimum absolute atomic E-state index is 0.0799. The molecule has 1 aliphatic heterocycles. The molecule has 0 spiro atoms. The van der Waals surface area contributed by atoms with Crippen LogP contribution in [0.5, 0.6) is 5.75 Å². The normalized spacial score (nSPS) is 15.6. The van der Waals surface area contributed by atoms with Crippen molar-refractivity contribution >= 4 is 5.91 Å². The fourth-order valence-electron chi connectivity index (χ4n) is 6.38. The molecular formula is C37H37N3O3. The number of hydrogen-bond donors (Lipinski definition) is 0. The number of hydrogen-bond acceptors (Lipinski definition) is 4. The number of nitrogens with zero attached hydrogens (tertiary/aromatic N) is 3. The van der Waals surface area contributed by atoms with Crippen LogP contribution < -0.4 is 15.2 Å². The highest BCUT2D eigenvalue weighted by Crippen LogP contribution is 2.40. The maximum absolute atomic E-state index is 14.2. The standard InChI is InChI=1S/C37H37N3O3/c1-3-5-11-23-38-26-40(39-24-22-32(41)36(35(39)37(38)42)43-25-27-14-7-6-8-15-27)34-31-19-10-9-16-28(31)20-21-30-18-12-17-29(13-4-2)33(30)34/h3-4,6-10,12,14-19,22,24,34H,1-2,5,11,13,20-21,23,25-26H2. The SMILES string of the molecule is C=CCCCN1CN(C2c3ccccc3CCc3cccc(CC=C)c32)n2ccc(=O)c(OCc3ccccc3)c2C1=O. The Bertz CT molecular complexity index is 1710. The van der Waals surface area contributed by atoms with Gasteiger partial charge in [-0.3, -0.25) is 19.3 Å². The predicted molar refractivity (Wildman–Crippen MR) is 171 cm³/mol. The van der Waals surface area contributed by atoms with Gasteiger partial charge in [-0.25, -0.2) is 0 Å². The minimum atomic E-state index is -0.308. The van der Waals surface area contributed by atoms with Gasteiger partial charge in [0.25, 0.3) is 5.91 Å². The second-order valence-corrected chi connectivity index (χ2v) is 11.1. The number of carbonyl (C=O) groups excluding carboxylic acids is 1. The Hall–Kier alpha value is -4.84. The molecule has 1 unspecified atom stereocenters. The van der Waals surface area contributed by atoms with Crippen molar-refractivity contribution in [2.24, 2.45) is 0 Å². The van der Waals surface area contributed by atoms with Gasteiger partial charge in [-0.15, -0.1) is 13.2 Å². The first kappa shape index (κ1) is 28.3. The number of unbranched alkanes of at least 4 members (excludes halogenated alkanes) is 1. The summed E-state index contributed by atoms with van der Waals surface area (Å²) in [6.45, 7) is 9.01. The highest BCUT2D eigenvalue weighted by atomic mass is 16.5. The predicted octanol–water partition coefficient (Wildman–Crippen LogP) is 6.36. The van der Waals surface area contributed by atoms with E-state index in [0.29, 0.717) is 13.2 Å². The maximum Gasteiger partial charge on any atom is 0.277 e. The number of ether oxygens (including phenoxy) is 1. The summed E-state index contributed by atoms with van der Waals surface area (Å²) in [6.07, 6.45) is 9.71. The molecule has 0 saturated carbocycles. The molecule has 1 aromatic heterocycles. The molecule has 0 saturated heterocycles. The molecule has 2 aliphatic rings. The van der Waals surface area contributed by atoms with Gasteiger partial charge in [-0.05, 0) is 65.5 Å². The van der Waals surface area contributed by atoms with Crippen LogP contribution in [-0.4, -0.2) is 28.7 Å². The summed E-state index contributed by atoms with van der Waals surface area (Å²) in [5, 5.41) is 2.23. The summed E-state index contributed by atoms with van der Waals surface area (Å²) in [4.78, 5) is 29.4. The minimum Gasteiger partial charge on any atom is -0.482 e. The molecule has 218 valence electrons. The van der Waals surface area contributed by atoms with Gasteiger partial charge >= 0.3 is 0 Å². The van der Waals surface area contributed by atoms with Crippen LogP contribution in [0.3, 0.4) is 0 Å². The fraction of sp³-hybridized carbons (Fsp3) is 0.243. The summed E-state index contributed by atoms with van der Waals surface area (Å²) in [6, 6.07) is 26.1. The van der Waals surface area contributed by atoms with E-state index in [1.807, 2.05) is 52.1 Å². The molecule has 43 heavy (non-hydrogen) atoms. The average Bonchev–Trinajstić information content (AvgIpc) is 3.20. The Morgan fingerprint density at radius 3 is 2.44 bits per heavy atom. The number of amides is 1. The zero-order chi connectivity index (χ0) is 29.8. The van der Waals surface area contributed by atoms with Crippen LogP contribution in [0.2, 0.25) is 0 Å². The van der Waals surface area contributed by atoms with Crippen molar-refractivity contribution in [3.05, 3.63) is 160 Å². The second kappa shape index (κ2) is 12.6. The molecule has 6 heteroatoms. The van der Waals surface area contributed by atoms with Gasteiger partial charge < -0.3 is 9.64 Å². The van der Waals surface area contributed by atoms with Gasteiger partial charge in [0.15, 0.2) is 11.4 Å². The first-order chi connectivity index (χ1) is 21.1. The van der Waals surface area contributed by atoms with E-state index in [-0.39, 0.29) is 35.4 Å². The van der Waals surface area contributed by atoms with Crippen LogP contribution in [0.1, 0.15) is 62.8 Å². The fourth-order valence-corrected chi connectivity index (χ4v) is 6.38. The molecule has 4 aromatic rings. The number of pyridine rings is 1. The van der Waals surface area contributed by atoms with Gasteiger partial charge in [0.2, 0.25) is 5.43 Å². The third kappa shape index (κ3) is 5.53. The van der Waals surface area contributed by atoms with Crippen molar-refractivity contribution in [1.29, 1.82) is 0 Å². The summed E-state index contributed by atoms with van der Waals surface area (Å²) in [7, 11) is 0. The Morgan fingerprint density at radius 2 is 1.63 bits per heavy atom.